The van der Waals surface area contributed by atoms with Crippen LogP contribution in [0.5, 0.6) is 0 Å². The maximum atomic E-state index is 12.0. The van der Waals surface area contributed by atoms with Gasteiger partial charge in [-0.3, -0.25) is 4.79 Å². The van der Waals surface area contributed by atoms with Crippen molar-refractivity contribution in [3.63, 3.8) is 0 Å². The Labute approximate surface area is 124 Å². The van der Waals surface area contributed by atoms with Gasteiger partial charge in [0.15, 0.2) is 0 Å². The Morgan fingerprint density at radius 3 is 2.80 bits per heavy atom. The highest BCUT2D eigenvalue weighted by molar-refractivity contribution is 7.10. The number of amides is 1. The Kier molecular flexibility index (Phi) is 4.38. The molecule has 0 aromatic carbocycles. The fourth-order valence-electron chi connectivity index (χ4n) is 2.99. The zero-order chi connectivity index (χ0) is 13.9. The molecule has 2 heterocycles. The second kappa shape index (κ2) is 6.24. The van der Waals surface area contributed by atoms with Crippen molar-refractivity contribution in [2.75, 3.05) is 26.3 Å². The maximum absolute atomic E-state index is 12.0. The van der Waals surface area contributed by atoms with Gasteiger partial charge in [-0.15, -0.1) is 11.3 Å². The van der Waals surface area contributed by atoms with E-state index in [2.05, 4.69) is 29.8 Å². The van der Waals surface area contributed by atoms with Gasteiger partial charge in [-0.1, -0.05) is 6.07 Å². The molecule has 1 aromatic rings. The van der Waals surface area contributed by atoms with Crippen molar-refractivity contribution < 1.29 is 14.4 Å². The summed E-state index contributed by atoms with van der Waals surface area (Å²) in [6.45, 7) is 5.83. The molecule has 2 fully saturated rings. The van der Waals surface area contributed by atoms with Gasteiger partial charge in [0.1, 0.15) is 19.1 Å². The van der Waals surface area contributed by atoms with Crippen LogP contribution in [0.1, 0.15) is 30.7 Å². The highest BCUT2D eigenvalue weighted by Gasteiger charge is 2.36. The minimum atomic E-state index is 0.176. The van der Waals surface area contributed by atoms with Crippen molar-refractivity contribution in [1.29, 1.82) is 0 Å². The van der Waals surface area contributed by atoms with E-state index in [1.54, 1.807) is 11.3 Å². The third-order valence-corrected chi connectivity index (χ3v) is 5.20. The van der Waals surface area contributed by atoms with Crippen LogP contribution >= 0.6 is 11.3 Å². The van der Waals surface area contributed by atoms with E-state index in [9.17, 15) is 4.79 Å². The largest absolute Gasteiger partial charge is 0.370 e. The van der Waals surface area contributed by atoms with Crippen LogP contribution in [0, 0.1) is 5.92 Å². The Balaban J connectivity index is 1.71. The summed E-state index contributed by atoms with van der Waals surface area (Å²) < 4.78 is 5.47. The molecule has 4 nitrogen and oxygen atoms in total. The molecule has 0 bridgehead atoms. The van der Waals surface area contributed by atoms with E-state index >= 15 is 0 Å². The molecule has 2 N–H and O–H groups in total. The van der Waals surface area contributed by atoms with Crippen LogP contribution in [0.3, 0.4) is 0 Å². The van der Waals surface area contributed by atoms with E-state index in [4.69, 9.17) is 4.74 Å². The fourth-order valence-corrected chi connectivity index (χ4v) is 3.97. The average molecular weight is 295 g/mol. The number of hydrogen-bond acceptors (Lipinski definition) is 3. The van der Waals surface area contributed by atoms with Crippen LogP contribution in [0.4, 0.5) is 0 Å². The van der Waals surface area contributed by atoms with Gasteiger partial charge in [-0.25, -0.2) is 0 Å². The lowest BCUT2D eigenvalue weighted by molar-refractivity contribution is -0.939. The SMILES string of the molecule is C[C@H](NC(=O)C1CC1)[C@H](c1cccs1)[NH+]1CCOCC1. The molecule has 110 valence electrons. The standard InChI is InChI=1S/C15H22N2O2S/c1-11(16-15(18)12-4-5-12)14(13-3-2-10-20-13)17-6-8-19-9-7-17/h2-3,10-12,14H,4-9H2,1H3,(H,16,18)/p+1/t11-,14+/m0/s1. The smallest absolute Gasteiger partial charge is 0.223 e. The fraction of sp³-hybridized carbons (Fsp3) is 0.667. The molecule has 0 radical (unpaired) electrons. The summed E-state index contributed by atoms with van der Waals surface area (Å²) in [6, 6.07) is 4.82. The number of carbonyl (C=O) groups is 1. The van der Waals surface area contributed by atoms with Crippen molar-refractivity contribution in [2.24, 2.45) is 5.92 Å². The Morgan fingerprint density at radius 2 is 2.20 bits per heavy atom. The van der Waals surface area contributed by atoms with Crippen molar-refractivity contribution in [2.45, 2.75) is 31.8 Å². The van der Waals surface area contributed by atoms with Crippen molar-refractivity contribution in [3.05, 3.63) is 22.4 Å². The van der Waals surface area contributed by atoms with Crippen molar-refractivity contribution in [3.8, 4) is 0 Å². The molecular weight excluding hydrogens is 272 g/mol. The first-order chi connectivity index (χ1) is 9.75. The second-order valence-corrected chi connectivity index (χ2v) is 6.81. The molecule has 1 aliphatic heterocycles. The number of morpholine rings is 1. The maximum Gasteiger partial charge on any atom is 0.223 e. The van der Waals surface area contributed by atoms with Crippen LogP contribution in [0.2, 0.25) is 0 Å². The van der Waals surface area contributed by atoms with Gasteiger partial charge >= 0.3 is 0 Å². The molecule has 0 spiro atoms. The summed E-state index contributed by atoms with van der Waals surface area (Å²) >= 11 is 1.79. The first kappa shape index (κ1) is 14.0. The van der Waals surface area contributed by atoms with Crippen LogP contribution < -0.4 is 10.2 Å². The molecule has 2 aliphatic rings. The normalized spacial score (nSPS) is 23.2. The van der Waals surface area contributed by atoms with Crippen LogP contribution in [0.25, 0.3) is 0 Å². The Bertz CT molecular complexity index is 439. The van der Waals surface area contributed by atoms with Gasteiger partial charge in [0.2, 0.25) is 5.91 Å². The molecule has 1 saturated carbocycles. The molecule has 3 rings (SSSR count). The Morgan fingerprint density at radius 1 is 1.45 bits per heavy atom. The lowest BCUT2D eigenvalue weighted by Crippen LogP contribution is -3.15. The quantitative estimate of drug-likeness (QED) is 0.836. The minimum absolute atomic E-state index is 0.176. The monoisotopic (exact) mass is 295 g/mol. The summed E-state index contributed by atoms with van der Waals surface area (Å²) in [5, 5.41) is 5.36. The van der Waals surface area contributed by atoms with Gasteiger partial charge < -0.3 is 15.0 Å². The van der Waals surface area contributed by atoms with Gasteiger partial charge in [-0.2, -0.15) is 0 Å². The molecule has 5 heteroatoms. The molecule has 1 aliphatic carbocycles. The summed E-state index contributed by atoms with van der Waals surface area (Å²) in [7, 11) is 0. The van der Waals surface area contributed by atoms with Crippen LogP contribution in [-0.2, 0) is 9.53 Å². The van der Waals surface area contributed by atoms with Gasteiger partial charge in [0.05, 0.1) is 24.1 Å². The number of thiophene rings is 1. The number of ether oxygens (including phenoxy) is 1. The number of carbonyl (C=O) groups excluding carboxylic acids is 1. The van der Waals surface area contributed by atoms with Crippen LogP contribution in [-0.4, -0.2) is 38.3 Å². The zero-order valence-corrected chi connectivity index (χ0v) is 12.7. The average Bonchev–Trinajstić information content (AvgIpc) is 3.18. The zero-order valence-electron chi connectivity index (χ0n) is 11.9. The molecule has 1 aromatic heterocycles. The van der Waals surface area contributed by atoms with E-state index in [1.165, 1.54) is 9.78 Å². The molecule has 1 saturated heterocycles. The molecule has 2 atom stereocenters. The van der Waals surface area contributed by atoms with E-state index < -0.39 is 0 Å². The Hall–Kier alpha value is -0.910. The predicted octanol–water partition coefficient (Wildman–Crippen LogP) is 0.619. The molecule has 20 heavy (non-hydrogen) atoms. The van der Waals surface area contributed by atoms with Crippen molar-refractivity contribution >= 4 is 17.2 Å². The topological polar surface area (TPSA) is 42.8 Å². The molecule has 0 unspecified atom stereocenters. The third-order valence-electron chi connectivity index (χ3n) is 4.24. The minimum Gasteiger partial charge on any atom is -0.370 e. The van der Waals surface area contributed by atoms with E-state index in [-0.39, 0.29) is 17.9 Å². The third kappa shape index (κ3) is 3.22. The number of quaternary nitrogens is 1. The lowest BCUT2D eigenvalue weighted by atomic mass is 10.1. The first-order valence-corrected chi connectivity index (χ1v) is 8.40. The van der Waals surface area contributed by atoms with Gasteiger partial charge in [-0.05, 0) is 31.2 Å². The number of nitrogens with one attached hydrogen (secondary N) is 2. The van der Waals surface area contributed by atoms with E-state index in [1.807, 2.05) is 0 Å². The summed E-state index contributed by atoms with van der Waals surface area (Å²) in [5.41, 5.74) is 0. The van der Waals surface area contributed by atoms with Crippen LogP contribution in [0.15, 0.2) is 17.5 Å². The summed E-state index contributed by atoms with van der Waals surface area (Å²) in [5.74, 6) is 0.521. The first-order valence-electron chi connectivity index (χ1n) is 7.52. The van der Waals surface area contributed by atoms with Gasteiger partial charge in [0, 0.05) is 5.92 Å². The predicted molar refractivity (Wildman–Crippen MR) is 78.9 cm³/mol. The van der Waals surface area contributed by atoms with Gasteiger partial charge in [0.25, 0.3) is 0 Å². The van der Waals surface area contributed by atoms with E-state index in [0.29, 0.717) is 6.04 Å². The number of hydrogen-bond donors (Lipinski definition) is 2. The molecular formula is C15H23N2O2S+. The van der Waals surface area contributed by atoms with Crippen molar-refractivity contribution in [1.82, 2.24) is 5.32 Å². The lowest BCUT2D eigenvalue weighted by Gasteiger charge is -2.34. The second-order valence-electron chi connectivity index (χ2n) is 5.84. The highest BCUT2D eigenvalue weighted by atomic mass is 32.1. The number of rotatable bonds is 5. The summed E-state index contributed by atoms with van der Waals surface area (Å²) in [6.07, 6.45) is 2.12. The summed E-state index contributed by atoms with van der Waals surface area (Å²) in [4.78, 5) is 14.9. The molecule has 1 amide bonds. The van der Waals surface area contributed by atoms with E-state index in [0.717, 1.165) is 39.1 Å². The highest BCUT2D eigenvalue weighted by Crippen LogP contribution is 2.29.